The predicted molar refractivity (Wildman–Crippen MR) is 103 cm³/mol. The maximum Gasteiger partial charge on any atom is 0.261 e. The fourth-order valence-electron chi connectivity index (χ4n) is 2.39. The fourth-order valence-corrected chi connectivity index (χ4v) is 3.51. The smallest absolute Gasteiger partial charge is 0.261 e. The van der Waals surface area contributed by atoms with Gasteiger partial charge < -0.3 is 11.1 Å². The Kier molecular flexibility index (Phi) is 6.76. The van der Waals surface area contributed by atoms with Crippen LogP contribution in [0, 0.1) is 5.92 Å². The molecule has 0 aliphatic heterocycles. The molecule has 2 rings (SSSR count). The van der Waals surface area contributed by atoms with Gasteiger partial charge in [0.25, 0.3) is 10.0 Å². The van der Waals surface area contributed by atoms with E-state index < -0.39 is 16.1 Å². The Morgan fingerprint density at radius 1 is 1.08 bits per heavy atom. The second-order valence-electron chi connectivity index (χ2n) is 6.20. The van der Waals surface area contributed by atoms with Gasteiger partial charge in [-0.2, -0.15) is 0 Å². The maximum absolute atomic E-state index is 12.5. The first kappa shape index (κ1) is 19.9. The zero-order valence-electron chi connectivity index (χ0n) is 15.0. The number of benzene rings is 2. The van der Waals surface area contributed by atoms with Gasteiger partial charge in [0.15, 0.2) is 0 Å². The minimum Gasteiger partial charge on any atom is -0.351 e. The topological polar surface area (TPSA) is 101 Å². The molecule has 0 aliphatic carbocycles. The highest BCUT2D eigenvalue weighted by Crippen LogP contribution is 2.20. The molecule has 0 aromatic heterocycles. The normalized spacial score (nSPS) is 13.7. The van der Waals surface area contributed by atoms with Crippen molar-refractivity contribution in [2.45, 2.75) is 37.8 Å². The van der Waals surface area contributed by atoms with Gasteiger partial charge in [0.2, 0.25) is 5.91 Å². The molecule has 2 aromatic rings. The Morgan fingerprint density at radius 2 is 1.69 bits per heavy atom. The summed E-state index contributed by atoms with van der Waals surface area (Å²) in [5, 5.41) is 2.78. The molecule has 0 saturated carbocycles. The van der Waals surface area contributed by atoms with E-state index in [9.17, 15) is 13.2 Å². The quantitative estimate of drug-likeness (QED) is 0.660. The van der Waals surface area contributed by atoms with Crippen LogP contribution in [0.2, 0.25) is 0 Å². The van der Waals surface area contributed by atoms with Crippen LogP contribution in [0.15, 0.2) is 59.5 Å². The van der Waals surface area contributed by atoms with Gasteiger partial charge in [0, 0.05) is 6.54 Å². The van der Waals surface area contributed by atoms with E-state index in [1.54, 1.807) is 42.5 Å². The third kappa shape index (κ3) is 5.06. The molecule has 0 spiro atoms. The first-order valence-electron chi connectivity index (χ1n) is 8.54. The molecular weight excluding hydrogens is 350 g/mol. The van der Waals surface area contributed by atoms with E-state index in [2.05, 4.69) is 10.0 Å². The van der Waals surface area contributed by atoms with Crippen LogP contribution in [-0.2, 0) is 21.4 Å². The standard InChI is InChI=1S/C19H25N3O3S/c1-3-14(2)18(20)19(23)21-13-15-9-7-8-12-17(15)22-26(24,25)16-10-5-4-6-11-16/h4-12,14,18,22H,3,13,20H2,1-2H3,(H,21,23). The van der Waals surface area contributed by atoms with Gasteiger partial charge in [-0.3, -0.25) is 9.52 Å². The van der Waals surface area contributed by atoms with E-state index >= 15 is 0 Å². The molecule has 6 nitrogen and oxygen atoms in total. The minimum atomic E-state index is -3.70. The Bertz CT molecular complexity index is 838. The van der Waals surface area contributed by atoms with Crippen molar-refractivity contribution in [2.24, 2.45) is 11.7 Å². The molecule has 2 aromatic carbocycles. The molecule has 2 unspecified atom stereocenters. The minimum absolute atomic E-state index is 0.0711. The van der Waals surface area contributed by atoms with Crippen molar-refractivity contribution < 1.29 is 13.2 Å². The van der Waals surface area contributed by atoms with Gasteiger partial charge in [-0.15, -0.1) is 0 Å². The second kappa shape index (κ2) is 8.82. The molecule has 26 heavy (non-hydrogen) atoms. The lowest BCUT2D eigenvalue weighted by Crippen LogP contribution is -2.44. The van der Waals surface area contributed by atoms with Crippen molar-refractivity contribution in [1.82, 2.24) is 5.32 Å². The SMILES string of the molecule is CCC(C)C(N)C(=O)NCc1ccccc1NS(=O)(=O)c1ccccc1. The van der Waals surface area contributed by atoms with Crippen LogP contribution >= 0.6 is 0 Å². The van der Waals surface area contributed by atoms with E-state index in [4.69, 9.17) is 5.73 Å². The largest absolute Gasteiger partial charge is 0.351 e. The van der Waals surface area contributed by atoms with E-state index in [0.717, 1.165) is 6.42 Å². The lowest BCUT2D eigenvalue weighted by atomic mass is 9.99. The second-order valence-corrected chi connectivity index (χ2v) is 7.89. The number of sulfonamides is 1. The summed E-state index contributed by atoms with van der Waals surface area (Å²) in [6, 6.07) is 14.5. The van der Waals surface area contributed by atoms with Crippen LogP contribution in [-0.4, -0.2) is 20.4 Å². The van der Waals surface area contributed by atoms with Crippen molar-refractivity contribution >= 4 is 21.6 Å². The van der Waals surface area contributed by atoms with Gasteiger partial charge in [0.05, 0.1) is 16.6 Å². The van der Waals surface area contributed by atoms with Crippen LogP contribution < -0.4 is 15.8 Å². The molecule has 0 fully saturated rings. The van der Waals surface area contributed by atoms with Crippen molar-refractivity contribution in [3.05, 3.63) is 60.2 Å². The van der Waals surface area contributed by atoms with Crippen LogP contribution in [0.5, 0.6) is 0 Å². The monoisotopic (exact) mass is 375 g/mol. The number of carbonyl (C=O) groups excluding carboxylic acids is 1. The number of anilines is 1. The highest BCUT2D eigenvalue weighted by molar-refractivity contribution is 7.92. The van der Waals surface area contributed by atoms with Crippen molar-refractivity contribution in [3.63, 3.8) is 0 Å². The Balaban J connectivity index is 2.12. The summed E-state index contributed by atoms with van der Waals surface area (Å²) in [6.07, 6.45) is 0.808. The summed E-state index contributed by atoms with van der Waals surface area (Å²) in [4.78, 5) is 12.3. The maximum atomic E-state index is 12.5. The van der Waals surface area contributed by atoms with Gasteiger partial charge in [-0.1, -0.05) is 56.7 Å². The number of nitrogens with two attached hydrogens (primary N) is 1. The number of hydrogen-bond donors (Lipinski definition) is 3. The molecule has 0 saturated heterocycles. The molecular formula is C19H25N3O3S. The summed E-state index contributed by atoms with van der Waals surface area (Å²) in [7, 11) is -3.70. The van der Waals surface area contributed by atoms with Crippen molar-refractivity contribution in [2.75, 3.05) is 4.72 Å². The van der Waals surface area contributed by atoms with Gasteiger partial charge >= 0.3 is 0 Å². The van der Waals surface area contributed by atoms with E-state index in [1.165, 1.54) is 12.1 Å². The lowest BCUT2D eigenvalue weighted by molar-refractivity contribution is -0.123. The molecule has 140 valence electrons. The molecule has 0 aliphatic rings. The molecule has 0 radical (unpaired) electrons. The van der Waals surface area contributed by atoms with Gasteiger partial charge in [-0.25, -0.2) is 8.42 Å². The highest BCUT2D eigenvalue weighted by Gasteiger charge is 2.20. The van der Waals surface area contributed by atoms with E-state index in [-0.39, 0.29) is 23.3 Å². The molecule has 0 bridgehead atoms. The zero-order valence-corrected chi connectivity index (χ0v) is 15.8. The molecule has 7 heteroatoms. The zero-order chi connectivity index (χ0) is 19.2. The number of hydrogen-bond acceptors (Lipinski definition) is 4. The number of para-hydroxylation sites is 1. The Labute approximate surface area is 154 Å². The third-order valence-electron chi connectivity index (χ3n) is 4.33. The number of nitrogens with one attached hydrogen (secondary N) is 2. The average molecular weight is 375 g/mol. The van der Waals surface area contributed by atoms with Crippen LogP contribution in [0.25, 0.3) is 0 Å². The molecule has 4 N–H and O–H groups in total. The summed E-state index contributed by atoms with van der Waals surface area (Å²) in [6.45, 7) is 4.09. The summed E-state index contributed by atoms with van der Waals surface area (Å²) < 4.78 is 27.6. The Hall–Kier alpha value is -2.38. The average Bonchev–Trinajstić information content (AvgIpc) is 2.66. The highest BCUT2D eigenvalue weighted by atomic mass is 32.2. The van der Waals surface area contributed by atoms with E-state index in [0.29, 0.717) is 11.3 Å². The lowest BCUT2D eigenvalue weighted by Gasteiger charge is -2.18. The fraction of sp³-hybridized carbons (Fsp3) is 0.316. The predicted octanol–water partition coefficient (Wildman–Crippen LogP) is 2.48. The molecule has 1 amide bonds. The summed E-state index contributed by atoms with van der Waals surface area (Å²) in [5.41, 5.74) is 7.02. The number of carbonyl (C=O) groups is 1. The molecule has 0 heterocycles. The third-order valence-corrected chi connectivity index (χ3v) is 5.71. The summed E-state index contributed by atoms with van der Waals surface area (Å²) >= 11 is 0. The van der Waals surface area contributed by atoms with Crippen LogP contribution in [0.1, 0.15) is 25.8 Å². The first-order valence-corrected chi connectivity index (χ1v) is 10.0. The van der Waals surface area contributed by atoms with Crippen LogP contribution in [0.3, 0.4) is 0 Å². The van der Waals surface area contributed by atoms with Gasteiger partial charge in [0.1, 0.15) is 0 Å². The Morgan fingerprint density at radius 3 is 2.35 bits per heavy atom. The van der Waals surface area contributed by atoms with Gasteiger partial charge in [-0.05, 0) is 29.7 Å². The first-order chi connectivity index (χ1) is 12.3. The summed E-state index contributed by atoms with van der Waals surface area (Å²) in [5.74, 6) is -0.179. The van der Waals surface area contributed by atoms with Crippen LogP contribution in [0.4, 0.5) is 5.69 Å². The number of rotatable bonds is 8. The van der Waals surface area contributed by atoms with Crippen molar-refractivity contribution in [3.8, 4) is 0 Å². The van der Waals surface area contributed by atoms with Crippen molar-refractivity contribution in [1.29, 1.82) is 0 Å². The molecule has 2 atom stereocenters. The number of amides is 1. The van der Waals surface area contributed by atoms with E-state index in [1.807, 2.05) is 13.8 Å².